The fraction of sp³-hybridized carbons (Fsp3) is 0.0435. The highest BCUT2D eigenvalue weighted by atomic mass is 19.4. The van der Waals surface area contributed by atoms with Gasteiger partial charge in [0.15, 0.2) is 0 Å². The average Bonchev–Trinajstić information content (AvgIpc) is 3.12. The van der Waals surface area contributed by atoms with Crippen molar-refractivity contribution in [1.29, 1.82) is 0 Å². The molecular formula is C23H13F5N2O4. The monoisotopic (exact) mass is 476 g/mol. The van der Waals surface area contributed by atoms with E-state index in [9.17, 15) is 31.5 Å². The van der Waals surface area contributed by atoms with Crippen LogP contribution >= 0.6 is 0 Å². The largest absolute Gasteiger partial charge is 0.573 e. The zero-order chi connectivity index (χ0) is 24.5. The SMILES string of the molecule is O=C(Nc1ccc(OC(F)(F)F)cc1)c1oc2ccccc2c1NC(=O)c1c(F)cccc1F. The number of alkyl halides is 3. The fourth-order valence-electron chi connectivity index (χ4n) is 3.15. The first-order valence-electron chi connectivity index (χ1n) is 9.56. The van der Waals surface area contributed by atoms with Gasteiger partial charge < -0.3 is 19.8 Å². The maximum absolute atomic E-state index is 14.0. The minimum atomic E-state index is -4.87. The highest BCUT2D eigenvalue weighted by Gasteiger charge is 2.31. The van der Waals surface area contributed by atoms with Crippen LogP contribution in [-0.2, 0) is 0 Å². The quantitative estimate of drug-likeness (QED) is 0.341. The first-order valence-corrected chi connectivity index (χ1v) is 9.56. The predicted octanol–water partition coefficient (Wildman–Crippen LogP) is 6.11. The Bertz CT molecular complexity index is 1360. The normalized spacial score (nSPS) is 11.3. The predicted molar refractivity (Wildman–Crippen MR) is 112 cm³/mol. The molecule has 174 valence electrons. The highest BCUT2D eigenvalue weighted by Crippen LogP contribution is 2.32. The Morgan fingerprint density at radius 3 is 2.09 bits per heavy atom. The lowest BCUT2D eigenvalue weighted by Crippen LogP contribution is -2.19. The molecule has 0 fully saturated rings. The number of halogens is 5. The third kappa shape index (κ3) is 4.82. The Morgan fingerprint density at radius 1 is 0.794 bits per heavy atom. The summed E-state index contributed by atoms with van der Waals surface area (Å²) >= 11 is 0. The minimum Gasteiger partial charge on any atom is -0.449 e. The third-order valence-corrected chi connectivity index (χ3v) is 4.58. The molecule has 4 rings (SSSR count). The van der Waals surface area contributed by atoms with Crippen molar-refractivity contribution in [2.45, 2.75) is 6.36 Å². The van der Waals surface area contributed by atoms with E-state index >= 15 is 0 Å². The lowest BCUT2D eigenvalue weighted by atomic mass is 10.1. The van der Waals surface area contributed by atoms with Gasteiger partial charge in [0.05, 0.1) is 0 Å². The third-order valence-electron chi connectivity index (χ3n) is 4.58. The topological polar surface area (TPSA) is 80.6 Å². The Kier molecular flexibility index (Phi) is 5.93. The molecule has 0 radical (unpaired) electrons. The number of carbonyl (C=O) groups excluding carboxylic acids is 2. The number of nitrogens with one attached hydrogen (secondary N) is 2. The fourth-order valence-corrected chi connectivity index (χ4v) is 3.15. The van der Waals surface area contributed by atoms with Crippen LogP contribution in [0.2, 0.25) is 0 Å². The van der Waals surface area contributed by atoms with E-state index in [1.54, 1.807) is 12.1 Å². The molecule has 0 spiro atoms. The summed E-state index contributed by atoms with van der Waals surface area (Å²) in [4.78, 5) is 25.5. The van der Waals surface area contributed by atoms with Gasteiger partial charge >= 0.3 is 6.36 Å². The minimum absolute atomic E-state index is 0.0948. The summed E-state index contributed by atoms with van der Waals surface area (Å²) < 4.78 is 74.3. The van der Waals surface area contributed by atoms with Crippen molar-refractivity contribution in [3.8, 4) is 5.75 Å². The molecule has 2 amide bonds. The van der Waals surface area contributed by atoms with Crippen molar-refractivity contribution < 1.29 is 40.7 Å². The molecule has 11 heteroatoms. The second kappa shape index (κ2) is 8.85. The molecule has 0 atom stereocenters. The van der Waals surface area contributed by atoms with E-state index in [0.717, 1.165) is 42.5 Å². The Hall–Kier alpha value is -4.41. The van der Waals surface area contributed by atoms with Gasteiger partial charge in [-0.05, 0) is 48.5 Å². The lowest BCUT2D eigenvalue weighted by molar-refractivity contribution is -0.274. The van der Waals surface area contributed by atoms with Gasteiger partial charge in [0.2, 0.25) is 5.76 Å². The van der Waals surface area contributed by atoms with Crippen LogP contribution in [0.4, 0.5) is 33.3 Å². The number of carbonyl (C=O) groups is 2. The molecule has 34 heavy (non-hydrogen) atoms. The van der Waals surface area contributed by atoms with E-state index in [1.807, 2.05) is 0 Å². The number of fused-ring (bicyclic) bond motifs is 1. The van der Waals surface area contributed by atoms with Crippen LogP contribution in [0.1, 0.15) is 20.9 Å². The molecule has 0 saturated heterocycles. The zero-order valence-electron chi connectivity index (χ0n) is 16.9. The summed E-state index contributed by atoms with van der Waals surface area (Å²) in [6.07, 6.45) is -4.87. The van der Waals surface area contributed by atoms with Gasteiger partial charge in [0.25, 0.3) is 11.8 Å². The molecule has 2 N–H and O–H groups in total. The van der Waals surface area contributed by atoms with Crippen molar-refractivity contribution in [2.75, 3.05) is 10.6 Å². The van der Waals surface area contributed by atoms with Crippen molar-refractivity contribution in [3.63, 3.8) is 0 Å². The van der Waals surface area contributed by atoms with Gasteiger partial charge in [-0.15, -0.1) is 13.2 Å². The number of anilines is 2. The average molecular weight is 476 g/mol. The van der Waals surface area contributed by atoms with Gasteiger partial charge in [0.1, 0.15) is 34.2 Å². The lowest BCUT2D eigenvalue weighted by Gasteiger charge is -2.10. The molecule has 1 heterocycles. The summed E-state index contributed by atoms with van der Waals surface area (Å²) in [5, 5.41) is 5.01. The number of hydrogen-bond donors (Lipinski definition) is 2. The van der Waals surface area contributed by atoms with E-state index in [1.165, 1.54) is 12.1 Å². The molecule has 6 nitrogen and oxygen atoms in total. The molecule has 1 aromatic heterocycles. The summed E-state index contributed by atoms with van der Waals surface area (Å²) in [5.74, 6) is -5.10. The Morgan fingerprint density at radius 2 is 1.44 bits per heavy atom. The van der Waals surface area contributed by atoms with Crippen LogP contribution in [0.3, 0.4) is 0 Å². The smallest absolute Gasteiger partial charge is 0.449 e. The van der Waals surface area contributed by atoms with Gasteiger partial charge in [-0.3, -0.25) is 9.59 Å². The second-order valence-corrected chi connectivity index (χ2v) is 6.88. The molecule has 0 bridgehead atoms. The van der Waals surface area contributed by atoms with Crippen LogP contribution < -0.4 is 15.4 Å². The number of hydrogen-bond acceptors (Lipinski definition) is 4. The maximum Gasteiger partial charge on any atom is 0.573 e. The first-order chi connectivity index (χ1) is 16.1. The van der Waals surface area contributed by atoms with E-state index in [4.69, 9.17) is 4.42 Å². The van der Waals surface area contributed by atoms with Gasteiger partial charge in [0, 0.05) is 11.1 Å². The van der Waals surface area contributed by atoms with Gasteiger partial charge in [-0.25, -0.2) is 8.78 Å². The number of rotatable bonds is 5. The number of furan rings is 1. The highest BCUT2D eigenvalue weighted by molar-refractivity contribution is 6.17. The Labute approximate surface area is 187 Å². The number of ether oxygens (including phenoxy) is 1. The number of amides is 2. The second-order valence-electron chi connectivity index (χ2n) is 6.88. The van der Waals surface area contributed by atoms with Gasteiger partial charge in [-0.2, -0.15) is 0 Å². The number of para-hydroxylation sites is 1. The summed E-state index contributed by atoms with van der Waals surface area (Å²) in [7, 11) is 0. The zero-order valence-corrected chi connectivity index (χ0v) is 16.9. The standard InChI is InChI=1S/C23H13F5N2O4/c24-15-5-3-6-16(25)18(15)21(31)30-19-14-4-1-2-7-17(14)33-20(19)22(32)29-12-8-10-13(11-9-12)34-23(26,27)28/h1-11H,(H,29,32)(H,30,31). The molecule has 0 saturated carbocycles. The van der Waals surface area contributed by atoms with Crippen molar-refractivity contribution in [2.24, 2.45) is 0 Å². The van der Waals surface area contributed by atoms with Crippen LogP contribution in [0.5, 0.6) is 5.75 Å². The molecule has 0 unspecified atom stereocenters. The van der Waals surface area contributed by atoms with Crippen LogP contribution in [-0.4, -0.2) is 18.2 Å². The molecule has 0 aliphatic rings. The van der Waals surface area contributed by atoms with E-state index in [0.29, 0.717) is 0 Å². The number of benzene rings is 3. The molecular weight excluding hydrogens is 463 g/mol. The van der Waals surface area contributed by atoms with E-state index in [2.05, 4.69) is 15.4 Å². The van der Waals surface area contributed by atoms with E-state index in [-0.39, 0.29) is 28.1 Å². The molecule has 0 aliphatic heterocycles. The van der Waals surface area contributed by atoms with Crippen LogP contribution in [0.25, 0.3) is 11.0 Å². The molecule has 3 aromatic carbocycles. The molecule has 4 aromatic rings. The van der Waals surface area contributed by atoms with Crippen LogP contribution in [0.15, 0.2) is 71.1 Å². The maximum atomic E-state index is 14.0. The van der Waals surface area contributed by atoms with Crippen molar-refractivity contribution in [1.82, 2.24) is 0 Å². The van der Waals surface area contributed by atoms with Crippen LogP contribution in [0, 0.1) is 11.6 Å². The Balaban J connectivity index is 1.63. The van der Waals surface area contributed by atoms with Crippen molar-refractivity contribution >= 4 is 34.2 Å². The van der Waals surface area contributed by atoms with Gasteiger partial charge in [-0.1, -0.05) is 18.2 Å². The summed E-state index contributed by atoms with van der Waals surface area (Å²) in [6, 6.07) is 13.4. The molecule has 0 aliphatic carbocycles. The summed E-state index contributed by atoms with van der Waals surface area (Å²) in [6.45, 7) is 0. The van der Waals surface area contributed by atoms with E-state index < -0.39 is 41.1 Å². The summed E-state index contributed by atoms with van der Waals surface area (Å²) in [5.41, 5.74) is -0.694. The van der Waals surface area contributed by atoms with Crippen molar-refractivity contribution in [3.05, 3.63) is 89.7 Å². The first kappa shape index (κ1) is 22.8.